The van der Waals surface area contributed by atoms with Crippen LogP contribution in [0, 0.1) is 24.0 Å². The number of benzene rings is 2. The fourth-order valence-corrected chi connectivity index (χ4v) is 2.03. The molecule has 4 nitrogen and oxygen atoms in total. The molecule has 0 aromatic heterocycles. The van der Waals surface area contributed by atoms with Crippen LogP contribution in [-0.2, 0) is 0 Å². The second kappa shape index (κ2) is 5.43. The fourth-order valence-electron chi connectivity index (χ4n) is 1.84. The zero-order valence-corrected chi connectivity index (χ0v) is 11.8. The molecule has 0 amide bonds. The van der Waals surface area contributed by atoms with Gasteiger partial charge in [0.15, 0.2) is 5.78 Å². The molecule has 0 spiro atoms. The third-order valence-electron chi connectivity index (χ3n) is 3.17. The Labute approximate surface area is 121 Å². The van der Waals surface area contributed by atoms with E-state index in [0.29, 0.717) is 5.56 Å². The molecule has 0 N–H and O–H groups in total. The van der Waals surface area contributed by atoms with E-state index >= 15 is 0 Å². The normalized spacial score (nSPS) is 10.3. The lowest BCUT2D eigenvalue weighted by Crippen LogP contribution is -2.03. The van der Waals surface area contributed by atoms with Crippen LogP contribution in [0.5, 0.6) is 0 Å². The molecule has 0 unspecified atom stereocenters. The van der Waals surface area contributed by atoms with E-state index in [1.807, 2.05) is 19.9 Å². The molecule has 0 saturated heterocycles. The maximum absolute atomic E-state index is 12.3. The number of hydrogen-bond acceptors (Lipinski definition) is 3. The molecule has 0 fully saturated rings. The third-order valence-corrected chi connectivity index (χ3v) is 3.49. The Morgan fingerprint density at radius 2 is 1.65 bits per heavy atom. The number of carbonyl (C=O) groups is 1. The van der Waals surface area contributed by atoms with Crippen LogP contribution in [0.25, 0.3) is 0 Å². The number of carbonyl (C=O) groups excluding carboxylic acids is 1. The van der Waals surface area contributed by atoms with Gasteiger partial charge in [0, 0.05) is 17.2 Å². The number of halogens is 1. The van der Waals surface area contributed by atoms with Gasteiger partial charge in [-0.25, -0.2) is 0 Å². The maximum atomic E-state index is 12.3. The van der Waals surface area contributed by atoms with Crippen LogP contribution >= 0.6 is 11.6 Å². The molecule has 0 atom stereocenters. The summed E-state index contributed by atoms with van der Waals surface area (Å²) in [6, 6.07) is 9.41. The first-order valence-corrected chi connectivity index (χ1v) is 6.34. The van der Waals surface area contributed by atoms with Crippen molar-refractivity contribution in [3.8, 4) is 0 Å². The highest BCUT2D eigenvalue weighted by Crippen LogP contribution is 2.26. The van der Waals surface area contributed by atoms with Gasteiger partial charge in [0.05, 0.1) is 4.92 Å². The summed E-state index contributed by atoms with van der Waals surface area (Å²) < 4.78 is 0. The van der Waals surface area contributed by atoms with E-state index in [-0.39, 0.29) is 22.1 Å². The highest BCUT2D eigenvalue weighted by atomic mass is 35.5. The summed E-state index contributed by atoms with van der Waals surface area (Å²) >= 11 is 5.73. The van der Waals surface area contributed by atoms with Crippen molar-refractivity contribution in [1.82, 2.24) is 0 Å². The molecule has 0 saturated carbocycles. The Hall–Kier alpha value is -2.20. The molecule has 5 heteroatoms. The molecule has 2 aromatic rings. The van der Waals surface area contributed by atoms with Gasteiger partial charge < -0.3 is 0 Å². The molecular formula is C15H12ClNO3. The minimum absolute atomic E-state index is 0.0200. The summed E-state index contributed by atoms with van der Waals surface area (Å²) in [5, 5.41) is 10.9. The third kappa shape index (κ3) is 2.70. The van der Waals surface area contributed by atoms with Gasteiger partial charge in [0.1, 0.15) is 5.02 Å². The number of ketones is 1. The number of aryl methyl sites for hydroxylation is 2. The highest BCUT2D eigenvalue weighted by molar-refractivity contribution is 6.32. The van der Waals surface area contributed by atoms with Gasteiger partial charge in [-0.3, -0.25) is 14.9 Å². The Morgan fingerprint density at radius 3 is 2.25 bits per heavy atom. The molecule has 0 aliphatic carbocycles. The molecule has 0 heterocycles. The van der Waals surface area contributed by atoms with E-state index in [4.69, 9.17) is 11.6 Å². The van der Waals surface area contributed by atoms with Crippen molar-refractivity contribution in [2.24, 2.45) is 0 Å². The van der Waals surface area contributed by atoms with Gasteiger partial charge in [0.25, 0.3) is 5.69 Å². The van der Waals surface area contributed by atoms with E-state index in [0.717, 1.165) is 11.1 Å². The summed E-state index contributed by atoms with van der Waals surface area (Å²) in [5.41, 5.74) is 2.58. The van der Waals surface area contributed by atoms with Crippen molar-refractivity contribution >= 4 is 23.1 Å². The smallest absolute Gasteiger partial charge is 0.288 e. The minimum atomic E-state index is -0.598. The number of nitrogens with zero attached hydrogens (tertiary/aromatic N) is 1. The lowest BCUT2D eigenvalue weighted by Gasteiger charge is -2.05. The Kier molecular flexibility index (Phi) is 3.86. The van der Waals surface area contributed by atoms with Crippen molar-refractivity contribution in [2.45, 2.75) is 13.8 Å². The van der Waals surface area contributed by atoms with E-state index in [9.17, 15) is 14.9 Å². The van der Waals surface area contributed by atoms with Crippen LogP contribution in [0.4, 0.5) is 5.69 Å². The summed E-state index contributed by atoms with van der Waals surface area (Å²) in [7, 11) is 0. The van der Waals surface area contributed by atoms with Gasteiger partial charge in [-0.2, -0.15) is 0 Å². The summed E-state index contributed by atoms with van der Waals surface area (Å²) in [4.78, 5) is 22.6. The predicted octanol–water partition coefficient (Wildman–Crippen LogP) is 4.10. The largest absolute Gasteiger partial charge is 0.289 e. The number of nitro benzene ring substituents is 1. The zero-order chi connectivity index (χ0) is 14.9. The molecule has 2 aromatic carbocycles. The first-order chi connectivity index (χ1) is 9.40. The molecule has 2 rings (SSSR count). The molecule has 0 aliphatic rings. The second-order valence-electron chi connectivity index (χ2n) is 4.55. The number of rotatable bonds is 3. The summed E-state index contributed by atoms with van der Waals surface area (Å²) in [5.74, 6) is -0.257. The average Bonchev–Trinajstić information content (AvgIpc) is 2.41. The molecule has 102 valence electrons. The van der Waals surface area contributed by atoms with Gasteiger partial charge in [0.2, 0.25) is 0 Å². The Morgan fingerprint density at radius 1 is 1.05 bits per heavy atom. The molecule has 0 aliphatic heterocycles. The van der Waals surface area contributed by atoms with Gasteiger partial charge in [-0.05, 0) is 43.2 Å². The molecular weight excluding hydrogens is 278 g/mol. The Balaban J connectivity index is 2.45. The topological polar surface area (TPSA) is 60.2 Å². The van der Waals surface area contributed by atoms with Crippen molar-refractivity contribution in [2.75, 3.05) is 0 Å². The average molecular weight is 290 g/mol. The van der Waals surface area contributed by atoms with Crippen LogP contribution in [0.1, 0.15) is 27.0 Å². The van der Waals surface area contributed by atoms with Gasteiger partial charge in [-0.15, -0.1) is 0 Å². The first-order valence-electron chi connectivity index (χ1n) is 5.96. The van der Waals surface area contributed by atoms with Crippen LogP contribution < -0.4 is 0 Å². The SMILES string of the molecule is Cc1ccc(C(=O)c2ccc(Cl)c([N+](=O)[O-])c2)cc1C. The van der Waals surface area contributed by atoms with Crippen LogP contribution in [0.2, 0.25) is 5.02 Å². The monoisotopic (exact) mass is 289 g/mol. The van der Waals surface area contributed by atoms with Crippen molar-refractivity contribution in [1.29, 1.82) is 0 Å². The fraction of sp³-hybridized carbons (Fsp3) is 0.133. The quantitative estimate of drug-likeness (QED) is 0.485. The number of nitro groups is 1. The van der Waals surface area contributed by atoms with Crippen LogP contribution in [0.3, 0.4) is 0 Å². The van der Waals surface area contributed by atoms with Crippen molar-refractivity contribution in [3.63, 3.8) is 0 Å². The first kappa shape index (κ1) is 14.2. The molecule has 0 bridgehead atoms. The minimum Gasteiger partial charge on any atom is -0.289 e. The van der Waals surface area contributed by atoms with Gasteiger partial charge in [-0.1, -0.05) is 23.7 Å². The van der Waals surface area contributed by atoms with E-state index in [2.05, 4.69) is 0 Å². The van der Waals surface area contributed by atoms with Crippen molar-refractivity contribution < 1.29 is 9.72 Å². The van der Waals surface area contributed by atoms with E-state index < -0.39 is 4.92 Å². The molecule has 20 heavy (non-hydrogen) atoms. The summed E-state index contributed by atoms with van der Waals surface area (Å²) in [6.07, 6.45) is 0. The van der Waals surface area contributed by atoms with Gasteiger partial charge >= 0.3 is 0 Å². The van der Waals surface area contributed by atoms with E-state index in [1.54, 1.807) is 12.1 Å². The lowest BCUT2D eigenvalue weighted by atomic mass is 9.99. The van der Waals surface area contributed by atoms with Crippen molar-refractivity contribution in [3.05, 3.63) is 73.8 Å². The maximum Gasteiger partial charge on any atom is 0.288 e. The molecule has 0 radical (unpaired) electrons. The van der Waals surface area contributed by atoms with Crippen LogP contribution in [0.15, 0.2) is 36.4 Å². The Bertz CT molecular complexity index is 710. The standard InChI is InChI=1S/C15H12ClNO3/c1-9-3-4-11(7-10(9)2)15(18)12-5-6-13(16)14(8-12)17(19)20/h3-8H,1-2H3. The summed E-state index contributed by atoms with van der Waals surface area (Å²) in [6.45, 7) is 3.87. The van der Waals surface area contributed by atoms with E-state index in [1.165, 1.54) is 18.2 Å². The second-order valence-corrected chi connectivity index (χ2v) is 4.96. The predicted molar refractivity (Wildman–Crippen MR) is 77.5 cm³/mol. The lowest BCUT2D eigenvalue weighted by molar-refractivity contribution is -0.384. The number of hydrogen-bond donors (Lipinski definition) is 0. The van der Waals surface area contributed by atoms with Crippen LogP contribution in [-0.4, -0.2) is 10.7 Å². The zero-order valence-electron chi connectivity index (χ0n) is 11.0. The highest BCUT2D eigenvalue weighted by Gasteiger charge is 2.17.